The molecule has 4 aromatic rings. The number of aryl methyl sites for hydroxylation is 2. The number of nitrogens with zero attached hydrogens (tertiary/aromatic N) is 5. The highest BCUT2D eigenvalue weighted by Gasteiger charge is 2.40. The molecule has 2 fully saturated rings. The molecule has 2 atom stereocenters. The van der Waals surface area contributed by atoms with E-state index in [1.54, 1.807) is 31.4 Å². The van der Waals surface area contributed by atoms with Crippen molar-refractivity contribution in [3.8, 4) is 17.0 Å². The van der Waals surface area contributed by atoms with Crippen LogP contribution in [0.25, 0.3) is 11.3 Å². The normalized spacial score (nSPS) is 17.5. The van der Waals surface area contributed by atoms with Crippen molar-refractivity contribution >= 4 is 27.3 Å². The van der Waals surface area contributed by atoms with Crippen molar-refractivity contribution in [3.05, 3.63) is 84.2 Å². The van der Waals surface area contributed by atoms with Crippen molar-refractivity contribution in [2.24, 2.45) is 0 Å². The number of piperazine rings is 1. The van der Waals surface area contributed by atoms with E-state index in [1.807, 2.05) is 43.5 Å². The lowest BCUT2D eigenvalue weighted by Crippen LogP contribution is -2.54. The summed E-state index contributed by atoms with van der Waals surface area (Å²) in [5.41, 5.74) is 12.0. The minimum absolute atomic E-state index is 0.0304. The molecule has 2 aromatic heterocycles. The van der Waals surface area contributed by atoms with Gasteiger partial charge in [0, 0.05) is 62.0 Å². The number of rotatable bonds is 15. The summed E-state index contributed by atoms with van der Waals surface area (Å²) in [6, 6.07) is 21.2. The number of aromatic nitrogens is 3. The van der Waals surface area contributed by atoms with Gasteiger partial charge in [-0.25, -0.2) is 0 Å². The Labute approximate surface area is 281 Å². The number of nitrogens with two attached hydrogens (primary N) is 1. The number of benzene rings is 2. The summed E-state index contributed by atoms with van der Waals surface area (Å²) in [4.78, 5) is 9.61. The molecule has 0 radical (unpaired) electrons. The fourth-order valence-corrected chi connectivity index (χ4v) is 7.31. The van der Waals surface area contributed by atoms with Crippen molar-refractivity contribution in [1.29, 1.82) is 0 Å². The molecule has 0 amide bonds. The highest BCUT2D eigenvalue weighted by Crippen LogP contribution is 2.39. The Morgan fingerprint density at radius 1 is 0.938 bits per heavy atom. The van der Waals surface area contributed by atoms with Crippen molar-refractivity contribution in [2.45, 2.75) is 49.6 Å². The van der Waals surface area contributed by atoms with Crippen molar-refractivity contribution in [3.63, 3.8) is 0 Å². The molecule has 0 saturated carbocycles. The van der Waals surface area contributed by atoms with Crippen molar-refractivity contribution in [1.82, 2.24) is 15.2 Å². The first-order valence-corrected chi connectivity index (χ1v) is 17.6. The van der Waals surface area contributed by atoms with E-state index in [1.165, 1.54) is 5.69 Å². The maximum atomic E-state index is 12.3. The van der Waals surface area contributed by atoms with Crippen molar-refractivity contribution in [2.75, 3.05) is 62.3 Å². The third-order valence-corrected chi connectivity index (χ3v) is 10.0. The van der Waals surface area contributed by atoms with Gasteiger partial charge in [0.2, 0.25) is 0 Å². The maximum absolute atomic E-state index is 12.3. The SMILES string of the molecule is COCOc1ccccc1-c1cc(N2CC3CCC(C2)N3c2ccnc(CCCOCCOS(=O)(=O)c3ccc(C)cc3)c2)c(N)nn1. The second-order valence-electron chi connectivity index (χ2n) is 12.1. The molecule has 6 rings (SSSR count). The smallest absolute Gasteiger partial charge is 0.297 e. The first-order chi connectivity index (χ1) is 23.3. The standard InChI is InChI=1S/C35H42N6O6S/c1-25-9-13-30(14-10-25)48(42,43)47-19-18-45-17-5-6-26-20-27(15-16-37-26)41-28-11-12-29(41)23-40(22-28)33-21-32(38-39-35(33)36)31-7-3-4-8-34(31)46-24-44-2/h3-4,7-10,13-16,20-21,28-29H,5-6,11-12,17-19,22-24H2,1-2H3,(H2,36,39). The Morgan fingerprint density at radius 2 is 1.71 bits per heavy atom. The van der Waals surface area contributed by atoms with Crippen LogP contribution < -0.4 is 20.3 Å². The molecule has 2 bridgehead atoms. The van der Waals surface area contributed by atoms with Gasteiger partial charge in [0.15, 0.2) is 12.6 Å². The van der Waals surface area contributed by atoms with Gasteiger partial charge in [-0.3, -0.25) is 9.17 Å². The van der Waals surface area contributed by atoms with Gasteiger partial charge in [-0.05, 0) is 75.1 Å². The molecular formula is C35H42N6O6S. The number of hydrogen-bond acceptors (Lipinski definition) is 12. The van der Waals surface area contributed by atoms with Crippen LogP contribution in [0.3, 0.4) is 0 Å². The molecule has 2 aliphatic heterocycles. The monoisotopic (exact) mass is 674 g/mol. The quantitative estimate of drug-likeness (QED) is 0.107. The number of para-hydroxylation sites is 1. The third kappa shape index (κ3) is 7.87. The van der Waals surface area contributed by atoms with Crippen LogP contribution in [0, 0.1) is 6.92 Å². The Kier molecular flexibility index (Phi) is 10.7. The molecule has 2 unspecified atom stereocenters. The van der Waals surface area contributed by atoms with Gasteiger partial charge in [-0.15, -0.1) is 10.2 Å². The predicted octanol–water partition coefficient (Wildman–Crippen LogP) is 4.62. The molecule has 0 spiro atoms. The molecule has 0 aliphatic carbocycles. The van der Waals surface area contributed by atoms with Gasteiger partial charge >= 0.3 is 0 Å². The zero-order valence-electron chi connectivity index (χ0n) is 27.3. The number of methoxy groups -OCH3 is 1. The maximum Gasteiger partial charge on any atom is 0.297 e. The number of anilines is 3. The number of pyridine rings is 1. The third-order valence-electron chi connectivity index (χ3n) is 8.72. The Morgan fingerprint density at radius 3 is 2.48 bits per heavy atom. The number of fused-ring (bicyclic) bond motifs is 2. The summed E-state index contributed by atoms with van der Waals surface area (Å²) in [6.45, 7) is 4.33. The highest BCUT2D eigenvalue weighted by molar-refractivity contribution is 7.86. The second-order valence-corrected chi connectivity index (χ2v) is 13.7. The lowest BCUT2D eigenvalue weighted by Gasteiger charge is -2.43. The van der Waals surface area contributed by atoms with E-state index in [9.17, 15) is 8.42 Å². The first kappa shape index (κ1) is 33.6. The summed E-state index contributed by atoms with van der Waals surface area (Å²) in [7, 11) is -2.20. The summed E-state index contributed by atoms with van der Waals surface area (Å²) >= 11 is 0. The van der Waals surface area contributed by atoms with E-state index in [0.717, 1.165) is 61.3 Å². The second kappa shape index (κ2) is 15.3. The van der Waals surface area contributed by atoms with Crippen molar-refractivity contribution < 1.29 is 26.8 Å². The number of ether oxygens (including phenoxy) is 3. The van der Waals surface area contributed by atoms with Gasteiger partial charge in [-0.1, -0.05) is 29.8 Å². The van der Waals surface area contributed by atoms with Crippen LogP contribution in [0.5, 0.6) is 5.75 Å². The van der Waals surface area contributed by atoms with E-state index >= 15 is 0 Å². The highest BCUT2D eigenvalue weighted by atomic mass is 32.2. The van der Waals surface area contributed by atoms with E-state index in [4.69, 9.17) is 24.1 Å². The van der Waals surface area contributed by atoms with E-state index < -0.39 is 10.1 Å². The zero-order valence-corrected chi connectivity index (χ0v) is 28.1. The Bertz CT molecular complexity index is 1780. The van der Waals surface area contributed by atoms with Gasteiger partial charge in [-0.2, -0.15) is 8.42 Å². The van der Waals surface area contributed by atoms with Crippen LogP contribution in [0.15, 0.2) is 77.8 Å². The van der Waals surface area contributed by atoms with E-state index in [2.05, 4.69) is 37.1 Å². The van der Waals surface area contributed by atoms with Crippen LogP contribution in [0.2, 0.25) is 0 Å². The minimum atomic E-state index is -3.79. The van der Waals surface area contributed by atoms with Gasteiger partial charge < -0.3 is 29.7 Å². The van der Waals surface area contributed by atoms with E-state index in [-0.39, 0.29) is 24.9 Å². The molecule has 4 heterocycles. The molecule has 2 aromatic carbocycles. The predicted molar refractivity (Wildman–Crippen MR) is 184 cm³/mol. The number of nitrogen functional groups attached to an aromatic ring is 1. The summed E-state index contributed by atoms with van der Waals surface area (Å²) in [6.07, 6.45) is 5.57. The number of hydrogen-bond donors (Lipinski definition) is 1. The molecule has 254 valence electrons. The van der Waals surface area contributed by atoms with Crippen LogP contribution in [0.1, 0.15) is 30.5 Å². The van der Waals surface area contributed by atoms with E-state index in [0.29, 0.717) is 36.0 Å². The Balaban J connectivity index is 1.02. The van der Waals surface area contributed by atoms with Crippen LogP contribution >= 0.6 is 0 Å². The fourth-order valence-electron chi connectivity index (χ4n) is 6.42. The summed E-state index contributed by atoms with van der Waals surface area (Å²) in [5, 5.41) is 8.71. The van der Waals surface area contributed by atoms with Gasteiger partial charge in [0.05, 0.1) is 29.5 Å². The minimum Gasteiger partial charge on any atom is -0.467 e. The Hall–Kier alpha value is -4.30. The van der Waals surface area contributed by atoms with Crippen LogP contribution in [-0.4, -0.2) is 82.5 Å². The van der Waals surface area contributed by atoms with Crippen LogP contribution in [0.4, 0.5) is 17.2 Å². The fraction of sp³-hybridized carbons (Fsp3) is 0.400. The van der Waals surface area contributed by atoms with Gasteiger partial charge in [0.1, 0.15) is 5.75 Å². The summed E-state index contributed by atoms with van der Waals surface area (Å²) < 4.78 is 46.3. The molecule has 13 heteroatoms. The zero-order chi connectivity index (χ0) is 33.5. The topological polar surface area (TPSA) is 142 Å². The molecule has 2 N–H and O–H groups in total. The van der Waals surface area contributed by atoms with Crippen LogP contribution in [-0.2, 0) is 30.2 Å². The van der Waals surface area contributed by atoms with Gasteiger partial charge in [0.25, 0.3) is 10.1 Å². The molecule has 48 heavy (non-hydrogen) atoms. The average molecular weight is 675 g/mol. The largest absolute Gasteiger partial charge is 0.467 e. The molecule has 2 saturated heterocycles. The molecule has 2 aliphatic rings. The summed E-state index contributed by atoms with van der Waals surface area (Å²) in [5.74, 6) is 1.09. The lowest BCUT2D eigenvalue weighted by molar-refractivity contribution is 0.0515. The lowest BCUT2D eigenvalue weighted by atomic mass is 10.1. The molecule has 12 nitrogen and oxygen atoms in total. The molecular weight excluding hydrogens is 632 g/mol. The first-order valence-electron chi connectivity index (χ1n) is 16.2. The average Bonchev–Trinajstić information content (AvgIpc) is 3.36.